The number of halogens is 3. The molecule has 8 heteroatoms. The molecule has 5 rings (SSSR count). The molecule has 0 amide bonds. The number of carbonyl (C=O) groups is 1. The summed E-state index contributed by atoms with van der Waals surface area (Å²) in [7, 11) is 0. The number of para-hydroxylation sites is 2. The molecule has 2 aromatic heterocycles. The highest BCUT2D eigenvalue weighted by Gasteiger charge is 2.43. The molecular weight excluding hydrogens is 411 g/mol. The van der Waals surface area contributed by atoms with Crippen molar-refractivity contribution in [3.05, 3.63) is 82.7 Å². The minimum atomic E-state index is -5.33. The predicted molar refractivity (Wildman–Crippen MR) is 109 cm³/mol. The molecule has 0 aliphatic carbocycles. The number of alkyl halides is 3. The molecule has 0 saturated carbocycles. The Hall–Kier alpha value is -4.07. The van der Waals surface area contributed by atoms with Gasteiger partial charge in [-0.25, -0.2) is 4.79 Å². The molecule has 3 aromatic carbocycles. The first kappa shape index (κ1) is 18.9. The number of aromatic hydroxyl groups is 1. The number of Topliss-reactive ketones (excluding diaryl/α,β-unsaturated/α-hetero) is 1. The van der Waals surface area contributed by atoms with E-state index in [0.717, 1.165) is 16.6 Å². The summed E-state index contributed by atoms with van der Waals surface area (Å²) < 4.78 is 45.7. The van der Waals surface area contributed by atoms with Crippen LogP contribution in [-0.2, 0) is 0 Å². The van der Waals surface area contributed by atoms with Crippen LogP contribution in [0.4, 0.5) is 13.2 Å². The second-order valence-corrected chi connectivity index (χ2v) is 6.99. The third kappa shape index (κ3) is 2.79. The number of ketones is 1. The van der Waals surface area contributed by atoms with Crippen molar-refractivity contribution in [2.75, 3.05) is 0 Å². The van der Waals surface area contributed by atoms with Gasteiger partial charge in [0.1, 0.15) is 11.3 Å². The maximum absolute atomic E-state index is 12.9. The van der Waals surface area contributed by atoms with Crippen molar-refractivity contribution in [2.24, 2.45) is 0 Å². The quantitative estimate of drug-likeness (QED) is 0.307. The van der Waals surface area contributed by atoms with Crippen LogP contribution in [0.5, 0.6) is 5.75 Å². The van der Waals surface area contributed by atoms with Crippen molar-refractivity contribution < 1.29 is 27.5 Å². The van der Waals surface area contributed by atoms with Gasteiger partial charge < -0.3 is 14.1 Å². The molecule has 31 heavy (non-hydrogen) atoms. The van der Waals surface area contributed by atoms with Gasteiger partial charge in [0.15, 0.2) is 5.56 Å². The molecule has 0 aliphatic rings. The topological polar surface area (TPSA) is 72.4 Å². The van der Waals surface area contributed by atoms with Crippen LogP contribution in [0.3, 0.4) is 0 Å². The molecule has 0 aliphatic heterocycles. The third-order valence-corrected chi connectivity index (χ3v) is 5.17. The summed E-state index contributed by atoms with van der Waals surface area (Å²) in [5.74, 6) is -3.50. The Balaban J connectivity index is 1.92. The zero-order valence-electron chi connectivity index (χ0n) is 15.6. The van der Waals surface area contributed by atoms with Gasteiger partial charge in [-0.1, -0.05) is 36.4 Å². The minimum Gasteiger partial charge on any atom is -0.506 e. The SMILES string of the molecule is O=C(c1c(O)c2cc3c4ccccc4n(-c4ccccc4)c3cc2oc1=O)C(F)(F)F. The summed E-state index contributed by atoms with van der Waals surface area (Å²) in [4.78, 5) is 23.8. The van der Waals surface area contributed by atoms with E-state index >= 15 is 0 Å². The lowest BCUT2D eigenvalue weighted by molar-refractivity contribution is -0.0888. The number of fused-ring (bicyclic) bond motifs is 4. The zero-order valence-corrected chi connectivity index (χ0v) is 15.6. The first-order chi connectivity index (χ1) is 14.8. The van der Waals surface area contributed by atoms with Crippen LogP contribution >= 0.6 is 0 Å². The number of aromatic nitrogens is 1. The molecule has 0 atom stereocenters. The van der Waals surface area contributed by atoms with Gasteiger partial charge in [-0.3, -0.25) is 4.79 Å². The van der Waals surface area contributed by atoms with Gasteiger partial charge in [-0.2, -0.15) is 13.2 Å². The first-order valence-corrected chi connectivity index (χ1v) is 9.17. The molecule has 0 radical (unpaired) electrons. The Morgan fingerprint density at radius 2 is 1.55 bits per heavy atom. The van der Waals surface area contributed by atoms with Gasteiger partial charge >= 0.3 is 11.8 Å². The van der Waals surface area contributed by atoms with E-state index in [1.807, 2.05) is 59.2 Å². The Kier molecular flexibility index (Phi) is 3.95. The van der Waals surface area contributed by atoms with Gasteiger partial charge in [-0.15, -0.1) is 0 Å². The summed E-state index contributed by atoms with van der Waals surface area (Å²) in [6, 6.07) is 19.6. The summed E-state index contributed by atoms with van der Waals surface area (Å²) in [5, 5.41) is 11.7. The highest BCUT2D eigenvalue weighted by atomic mass is 19.4. The maximum atomic E-state index is 12.9. The first-order valence-electron chi connectivity index (χ1n) is 9.17. The van der Waals surface area contributed by atoms with Gasteiger partial charge in [0.05, 0.1) is 16.4 Å². The third-order valence-electron chi connectivity index (χ3n) is 5.17. The Morgan fingerprint density at radius 1 is 0.871 bits per heavy atom. The lowest BCUT2D eigenvalue weighted by Gasteiger charge is -2.10. The smallest absolute Gasteiger partial charge is 0.455 e. The van der Waals surface area contributed by atoms with Crippen LogP contribution in [0.15, 0.2) is 75.9 Å². The molecule has 154 valence electrons. The van der Waals surface area contributed by atoms with E-state index in [1.165, 1.54) is 12.1 Å². The minimum absolute atomic E-state index is 0.131. The molecule has 0 spiro atoms. The lowest BCUT2D eigenvalue weighted by atomic mass is 10.1. The fourth-order valence-corrected chi connectivity index (χ4v) is 3.84. The largest absolute Gasteiger partial charge is 0.506 e. The number of hydrogen-bond acceptors (Lipinski definition) is 4. The second-order valence-electron chi connectivity index (χ2n) is 6.99. The Morgan fingerprint density at radius 3 is 2.26 bits per heavy atom. The summed E-state index contributed by atoms with van der Waals surface area (Å²) in [6.45, 7) is 0. The van der Waals surface area contributed by atoms with Crippen LogP contribution < -0.4 is 5.63 Å². The lowest BCUT2D eigenvalue weighted by Crippen LogP contribution is -2.28. The van der Waals surface area contributed by atoms with E-state index in [1.54, 1.807) is 0 Å². The van der Waals surface area contributed by atoms with E-state index in [4.69, 9.17) is 4.42 Å². The normalized spacial score (nSPS) is 12.1. The molecule has 0 bridgehead atoms. The average Bonchev–Trinajstić information content (AvgIpc) is 3.06. The van der Waals surface area contributed by atoms with Crippen LogP contribution in [-0.4, -0.2) is 21.6 Å². The van der Waals surface area contributed by atoms with E-state index in [9.17, 15) is 27.9 Å². The molecule has 0 fully saturated rings. The number of nitrogens with zero attached hydrogens (tertiary/aromatic N) is 1. The number of carbonyl (C=O) groups excluding carboxylic acids is 1. The van der Waals surface area contributed by atoms with Gasteiger partial charge in [0.2, 0.25) is 0 Å². The highest BCUT2D eigenvalue weighted by molar-refractivity contribution is 6.15. The number of hydrogen-bond donors (Lipinski definition) is 1. The van der Waals surface area contributed by atoms with E-state index in [-0.39, 0.29) is 11.0 Å². The Labute approximate surface area is 171 Å². The summed E-state index contributed by atoms with van der Waals surface area (Å²) >= 11 is 0. The van der Waals surface area contributed by atoms with Crippen molar-refractivity contribution >= 4 is 38.6 Å². The van der Waals surface area contributed by atoms with Crippen LogP contribution in [0, 0.1) is 0 Å². The molecule has 2 heterocycles. The summed E-state index contributed by atoms with van der Waals surface area (Å²) in [6.07, 6.45) is -5.33. The van der Waals surface area contributed by atoms with Crippen molar-refractivity contribution in [1.82, 2.24) is 4.57 Å². The summed E-state index contributed by atoms with van der Waals surface area (Å²) in [5.41, 5.74) is -0.845. The van der Waals surface area contributed by atoms with Gasteiger partial charge in [0, 0.05) is 22.5 Å². The van der Waals surface area contributed by atoms with Crippen molar-refractivity contribution in [2.45, 2.75) is 6.18 Å². The van der Waals surface area contributed by atoms with Crippen molar-refractivity contribution in [1.29, 1.82) is 0 Å². The molecular formula is C23H12F3NO4. The van der Waals surface area contributed by atoms with E-state index in [2.05, 4.69) is 0 Å². The predicted octanol–water partition coefficient (Wildman–Crippen LogP) is 5.34. The maximum Gasteiger partial charge on any atom is 0.455 e. The van der Waals surface area contributed by atoms with Crippen LogP contribution in [0.25, 0.3) is 38.5 Å². The number of rotatable bonds is 2. The standard InChI is InChI=1S/C23H12F3NO4/c24-23(25,26)21(29)19-20(28)15-10-14-13-8-4-5-9-16(13)27(12-6-2-1-3-7-12)17(14)11-18(15)31-22(19)30/h1-11,28H. The van der Waals surface area contributed by atoms with E-state index < -0.39 is 28.9 Å². The fraction of sp³-hybridized carbons (Fsp3) is 0.0435. The molecule has 0 saturated heterocycles. The molecule has 5 nitrogen and oxygen atoms in total. The highest BCUT2D eigenvalue weighted by Crippen LogP contribution is 2.38. The number of benzene rings is 3. The Bertz CT molecular complexity index is 1560. The zero-order chi connectivity index (χ0) is 21.9. The van der Waals surface area contributed by atoms with Crippen LogP contribution in [0.2, 0.25) is 0 Å². The fourth-order valence-electron chi connectivity index (χ4n) is 3.84. The van der Waals surface area contributed by atoms with Gasteiger partial charge in [-0.05, 0) is 24.3 Å². The monoisotopic (exact) mass is 423 g/mol. The van der Waals surface area contributed by atoms with Crippen LogP contribution in [0.1, 0.15) is 10.4 Å². The molecule has 1 N–H and O–H groups in total. The van der Waals surface area contributed by atoms with E-state index in [0.29, 0.717) is 10.9 Å². The second kappa shape index (κ2) is 6.46. The van der Waals surface area contributed by atoms with Crippen molar-refractivity contribution in [3.8, 4) is 11.4 Å². The van der Waals surface area contributed by atoms with Crippen molar-refractivity contribution in [3.63, 3.8) is 0 Å². The van der Waals surface area contributed by atoms with Gasteiger partial charge in [0.25, 0.3) is 5.78 Å². The molecule has 5 aromatic rings. The average molecular weight is 423 g/mol. The molecule has 0 unspecified atom stereocenters.